The first-order valence-corrected chi connectivity index (χ1v) is 5.66. The summed E-state index contributed by atoms with van der Waals surface area (Å²) in [5.74, 6) is 2.42. The molecule has 0 saturated carbocycles. The van der Waals surface area contributed by atoms with E-state index in [1.807, 2.05) is 24.3 Å². The summed E-state index contributed by atoms with van der Waals surface area (Å²) in [4.78, 5) is 12.4. The van der Waals surface area contributed by atoms with Gasteiger partial charge in [0, 0.05) is 6.54 Å². The van der Waals surface area contributed by atoms with E-state index >= 15 is 0 Å². The summed E-state index contributed by atoms with van der Waals surface area (Å²) in [7, 11) is 1.62. The van der Waals surface area contributed by atoms with Crippen LogP contribution in [0.2, 0.25) is 0 Å². The number of aliphatic carboxylic acids is 1. The molecule has 4 nitrogen and oxygen atoms in total. The quantitative estimate of drug-likeness (QED) is 0.737. The lowest BCUT2D eigenvalue weighted by Crippen LogP contribution is -2.32. The maximum Gasteiger partial charge on any atom is 0.317 e. The third-order valence-corrected chi connectivity index (χ3v) is 2.55. The van der Waals surface area contributed by atoms with Crippen molar-refractivity contribution in [1.29, 1.82) is 0 Å². The lowest BCUT2D eigenvalue weighted by Gasteiger charge is -2.17. The first-order chi connectivity index (χ1) is 8.65. The van der Waals surface area contributed by atoms with Gasteiger partial charge in [0.1, 0.15) is 5.75 Å². The van der Waals surface area contributed by atoms with Gasteiger partial charge in [-0.25, -0.2) is 0 Å². The minimum atomic E-state index is -0.861. The van der Waals surface area contributed by atoms with E-state index in [1.165, 1.54) is 0 Å². The van der Waals surface area contributed by atoms with Crippen molar-refractivity contribution in [3.63, 3.8) is 0 Å². The van der Waals surface area contributed by atoms with Crippen LogP contribution in [0.3, 0.4) is 0 Å². The highest BCUT2D eigenvalue weighted by atomic mass is 16.5. The molecule has 0 spiro atoms. The van der Waals surface area contributed by atoms with Crippen LogP contribution in [0.15, 0.2) is 24.3 Å². The molecule has 0 aromatic heterocycles. The molecule has 0 fully saturated rings. The van der Waals surface area contributed by atoms with Crippen molar-refractivity contribution in [2.45, 2.75) is 6.42 Å². The lowest BCUT2D eigenvalue weighted by atomic mass is 10.1. The normalized spacial score (nSPS) is 10.1. The molecule has 18 heavy (non-hydrogen) atoms. The fourth-order valence-corrected chi connectivity index (χ4v) is 1.61. The molecule has 0 amide bonds. The Morgan fingerprint density at radius 2 is 2.11 bits per heavy atom. The van der Waals surface area contributed by atoms with Crippen molar-refractivity contribution in [2.24, 2.45) is 0 Å². The van der Waals surface area contributed by atoms with E-state index in [1.54, 1.807) is 12.0 Å². The molecule has 0 aliphatic heterocycles. The SMILES string of the molecule is C#CCN(CCc1ccc(OC)cc1)CC(=O)O. The second-order valence-corrected chi connectivity index (χ2v) is 3.91. The number of hydrogen-bond acceptors (Lipinski definition) is 3. The lowest BCUT2D eigenvalue weighted by molar-refractivity contribution is -0.138. The zero-order valence-electron chi connectivity index (χ0n) is 10.4. The fraction of sp³-hybridized carbons (Fsp3) is 0.357. The molecule has 96 valence electrons. The summed E-state index contributed by atoms with van der Waals surface area (Å²) in [6, 6.07) is 7.71. The summed E-state index contributed by atoms with van der Waals surface area (Å²) in [6.45, 7) is 0.950. The number of carboxylic acid groups (broad SMARTS) is 1. The Morgan fingerprint density at radius 1 is 1.44 bits per heavy atom. The zero-order valence-corrected chi connectivity index (χ0v) is 10.4. The molecule has 0 aliphatic carbocycles. The van der Waals surface area contributed by atoms with Gasteiger partial charge in [-0.05, 0) is 24.1 Å². The molecule has 1 rings (SSSR count). The van der Waals surface area contributed by atoms with Gasteiger partial charge in [0.05, 0.1) is 20.2 Å². The predicted molar refractivity (Wildman–Crippen MR) is 69.6 cm³/mol. The number of nitrogens with zero attached hydrogens (tertiary/aromatic N) is 1. The number of rotatable bonds is 7. The summed E-state index contributed by atoms with van der Waals surface area (Å²) in [6.07, 6.45) is 5.97. The third-order valence-electron chi connectivity index (χ3n) is 2.55. The Labute approximate surface area is 107 Å². The minimum absolute atomic E-state index is 0.0274. The highest BCUT2D eigenvalue weighted by Crippen LogP contribution is 2.11. The molecule has 0 aliphatic rings. The van der Waals surface area contributed by atoms with Crippen molar-refractivity contribution in [1.82, 2.24) is 4.90 Å². The van der Waals surface area contributed by atoms with E-state index in [0.29, 0.717) is 13.1 Å². The van der Waals surface area contributed by atoms with E-state index in [2.05, 4.69) is 5.92 Å². The maximum absolute atomic E-state index is 10.7. The number of benzene rings is 1. The van der Waals surface area contributed by atoms with Crippen LogP contribution in [-0.4, -0.2) is 42.7 Å². The second-order valence-electron chi connectivity index (χ2n) is 3.91. The number of terminal acetylenes is 1. The van der Waals surface area contributed by atoms with Gasteiger partial charge >= 0.3 is 5.97 Å². The number of ether oxygens (including phenoxy) is 1. The molecule has 0 atom stereocenters. The third kappa shape index (κ3) is 4.89. The highest BCUT2D eigenvalue weighted by molar-refractivity contribution is 5.69. The van der Waals surface area contributed by atoms with E-state index in [9.17, 15) is 4.79 Å². The molecule has 0 unspecified atom stereocenters. The van der Waals surface area contributed by atoms with E-state index in [0.717, 1.165) is 17.7 Å². The van der Waals surface area contributed by atoms with Gasteiger partial charge in [-0.3, -0.25) is 9.69 Å². The number of methoxy groups -OCH3 is 1. The largest absolute Gasteiger partial charge is 0.497 e. The van der Waals surface area contributed by atoms with Crippen LogP contribution >= 0.6 is 0 Å². The highest BCUT2D eigenvalue weighted by Gasteiger charge is 2.08. The topological polar surface area (TPSA) is 49.8 Å². The van der Waals surface area contributed by atoms with Gasteiger partial charge < -0.3 is 9.84 Å². The van der Waals surface area contributed by atoms with Crippen molar-refractivity contribution >= 4 is 5.97 Å². The minimum Gasteiger partial charge on any atom is -0.497 e. The molecule has 0 heterocycles. The van der Waals surface area contributed by atoms with E-state index in [-0.39, 0.29) is 6.54 Å². The van der Waals surface area contributed by atoms with Crippen LogP contribution < -0.4 is 4.74 Å². The van der Waals surface area contributed by atoms with Crippen LogP contribution in [0, 0.1) is 12.3 Å². The fourth-order valence-electron chi connectivity index (χ4n) is 1.61. The van der Waals surface area contributed by atoms with Crippen LogP contribution in [0.25, 0.3) is 0 Å². The van der Waals surface area contributed by atoms with Crippen molar-refractivity contribution < 1.29 is 14.6 Å². The summed E-state index contributed by atoms with van der Waals surface area (Å²) >= 11 is 0. The smallest absolute Gasteiger partial charge is 0.317 e. The Kier molecular flexibility index (Phi) is 5.75. The molecule has 1 aromatic rings. The Morgan fingerprint density at radius 3 is 2.61 bits per heavy atom. The van der Waals surface area contributed by atoms with Gasteiger partial charge in [0.25, 0.3) is 0 Å². The van der Waals surface area contributed by atoms with Crippen LogP contribution in [0.1, 0.15) is 5.56 Å². The van der Waals surface area contributed by atoms with Gasteiger partial charge in [0.15, 0.2) is 0 Å². The second kappa shape index (κ2) is 7.36. The summed E-state index contributed by atoms with van der Waals surface area (Å²) in [5.41, 5.74) is 1.13. The van der Waals surface area contributed by atoms with Crippen LogP contribution in [-0.2, 0) is 11.2 Å². The number of carbonyl (C=O) groups is 1. The van der Waals surface area contributed by atoms with Gasteiger partial charge in [0.2, 0.25) is 0 Å². The van der Waals surface area contributed by atoms with E-state index in [4.69, 9.17) is 16.3 Å². The molecule has 0 radical (unpaired) electrons. The number of hydrogen-bond donors (Lipinski definition) is 1. The van der Waals surface area contributed by atoms with E-state index < -0.39 is 5.97 Å². The summed E-state index contributed by atoms with van der Waals surface area (Å²) < 4.78 is 5.07. The molecular formula is C14H17NO3. The van der Waals surface area contributed by atoms with Crippen molar-refractivity contribution in [2.75, 3.05) is 26.7 Å². The first-order valence-electron chi connectivity index (χ1n) is 5.66. The van der Waals surface area contributed by atoms with Gasteiger partial charge in [-0.2, -0.15) is 0 Å². The summed E-state index contributed by atoms with van der Waals surface area (Å²) in [5, 5.41) is 8.75. The Hall–Kier alpha value is -1.99. The maximum atomic E-state index is 10.7. The molecule has 0 saturated heterocycles. The molecule has 0 bridgehead atoms. The first kappa shape index (κ1) is 14.1. The Balaban J connectivity index is 2.50. The van der Waals surface area contributed by atoms with Gasteiger partial charge in [-0.15, -0.1) is 6.42 Å². The molecule has 1 N–H and O–H groups in total. The van der Waals surface area contributed by atoms with Gasteiger partial charge in [-0.1, -0.05) is 18.1 Å². The zero-order chi connectivity index (χ0) is 13.4. The average Bonchev–Trinajstić information content (AvgIpc) is 2.36. The van der Waals surface area contributed by atoms with Crippen molar-refractivity contribution in [3.05, 3.63) is 29.8 Å². The Bertz CT molecular complexity index is 420. The molecular weight excluding hydrogens is 230 g/mol. The van der Waals surface area contributed by atoms with Crippen molar-refractivity contribution in [3.8, 4) is 18.1 Å². The van der Waals surface area contributed by atoms with Crippen LogP contribution in [0.5, 0.6) is 5.75 Å². The standard InChI is InChI=1S/C14H17NO3/c1-3-9-15(11-14(16)17)10-8-12-4-6-13(18-2)7-5-12/h1,4-7H,8-11H2,2H3,(H,16,17). The molecule has 4 heteroatoms. The number of carboxylic acids is 1. The van der Waals surface area contributed by atoms with Crippen LogP contribution in [0.4, 0.5) is 0 Å². The predicted octanol–water partition coefficient (Wildman–Crippen LogP) is 1.26. The molecule has 1 aromatic carbocycles. The average molecular weight is 247 g/mol. The monoisotopic (exact) mass is 247 g/mol.